The number of hydrogen-bond donors (Lipinski definition) is 2. The quantitative estimate of drug-likeness (QED) is 0.453. The summed E-state index contributed by atoms with van der Waals surface area (Å²) in [7, 11) is 0. The lowest BCUT2D eigenvalue weighted by Crippen LogP contribution is -2.10. The van der Waals surface area contributed by atoms with Gasteiger partial charge in [0.05, 0.1) is 6.21 Å². The summed E-state index contributed by atoms with van der Waals surface area (Å²) in [5.41, 5.74) is 6.49. The second-order valence-electron chi connectivity index (χ2n) is 2.17. The Balaban J connectivity index is 3.10. The van der Waals surface area contributed by atoms with Crippen molar-refractivity contribution in [3.63, 3.8) is 0 Å². The van der Waals surface area contributed by atoms with Gasteiger partial charge in [0, 0.05) is 5.56 Å². The zero-order valence-electron chi connectivity index (χ0n) is 5.91. The smallest absolute Gasteiger partial charge is 0.122 e. The summed E-state index contributed by atoms with van der Waals surface area (Å²) in [6, 6.07) is 6.82. The molecule has 0 saturated heterocycles. The molecule has 0 aromatic heterocycles. The first-order chi connectivity index (χ1) is 5.24. The third-order valence-electron chi connectivity index (χ3n) is 1.35. The average Bonchev–Trinajstić information content (AvgIpc) is 2.05. The Hall–Kier alpha value is -1.64. The summed E-state index contributed by atoms with van der Waals surface area (Å²) in [6.07, 6.45) is 0.979. The molecule has 0 aliphatic carbocycles. The Labute approximate surface area is 64.9 Å². The number of hydrogen-bond acceptors (Lipinski definition) is 1. The molecule has 1 radical (unpaired) electrons. The van der Waals surface area contributed by atoms with E-state index in [0.717, 1.165) is 6.21 Å². The zero-order valence-corrected chi connectivity index (χ0v) is 5.91. The molecule has 0 amide bonds. The van der Waals surface area contributed by atoms with Crippen molar-refractivity contribution in [2.24, 2.45) is 5.73 Å². The van der Waals surface area contributed by atoms with Crippen molar-refractivity contribution in [3.8, 4) is 0 Å². The van der Waals surface area contributed by atoms with E-state index in [1.165, 1.54) is 0 Å². The van der Waals surface area contributed by atoms with Crippen LogP contribution in [0.4, 0.5) is 0 Å². The van der Waals surface area contributed by atoms with Crippen LogP contribution >= 0.6 is 0 Å². The van der Waals surface area contributed by atoms with Crippen molar-refractivity contribution in [2.45, 2.75) is 0 Å². The van der Waals surface area contributed by atoms with E-state index >= 15 is 0 Å². The number of benzene rings is 1. The van der Waals surface area contributed by atoms with Crippen molar-refractivity contribution < 1.29 is 0 Å². The summed E-state index contributed by atoms with van der Waals surface area (Å²) in [6.45, 7) is 0. The standard InChI is InChI=1S/C8H8N3/c9-5-6-2-1-3-7(4-6)8(10)11/h1-5H,(H3,10,11). The minimum Gasteiger partial charge on any atom is -0.384 e. The van der Waals surface area contributed by atoms with Gasteiger partial charge in [0.15, 0.2) is 0 Å². The second kappa shape index (κ2) is 2.96. The van der Waals surface area contributed by atoms with Gasteiger partial charge in [0.1, 0.15) is 5.84 Å². The molecule has 1 rings (SSSR count). The normalized spacial score (nSPS) is 9.09. The molecule has 0 aliphatic rings. The van der Waals surface area contributed by atoms with Crippen LogP contribution in [0.15, 0.2) is 24.3 Å². The van der Waals surface area contributed by atoms with Crippen molar-refractivity contribution >= 4 is 12.1 Å². The first kappa shape index (κ1) is 7.47. The zero-order chi connectivity index (χ0) is 8.27. The van der Waals surface area contributed by atoms with Gasteiger partial charge in [-0.25, -0.2) is 0 Å². The van der Waals surface area contributed by atoms with Crippen LogP contribution in [0.25, 0.3) is 0 Å². The first-order valence-electron chi connectivity index (χ1n) is 3.16. The Morgan fingerprint density at radius 2 is 2.27 bits per heavy atom. The number of nitrogen functional groups attached to an aromatic ring is 1. The van der Waals surface area contributed by atoms with Gasteiger partial charge in [-0.05, 0) is 11.6 Å². The van der Waals surface area contributed by atoms with E-state index in [9.17, 15) is 0 Å². The first-order valence-corrected chi connectivity index (χ1v) is 3.16. The molecule has 0 bridgehead atoms. The summed E-state index contributed by atoms with van der Waals surface area (Å²) in [4.78, 5) is 0. The molecule has 0 fully saturated rings. The van der Waals surface area contributed by atoms with Crippen LogP contribution in [-0.2, 0) is 0 Å². The van der Waals surface area contributed by atoms with Gasteiger partial charge in [-0.3, -0.25) is 5.41 Å². The van der Waals surface area contributed by atoms with Crippen LogP contribution in [-0.4, -0.2) is 12.1 Å². The lowest BCUT2D eigenvalue weighted by molar-refractivity contribution is 1.42. The molecule has 55 valence electrons. The van der Waals surface area contributed by atoms with E-state index in [2.05, 4.69) is 0 Å². The molecule has 3 N–H and O–H groups in total. The van der Waals surface area contributed by atoms with Crippen LogP contribution in [0.2, 0.25) is 0 Å². The van der Waals surface area contributed by atoms with Gasteiger partial charge in [0.25, 0.3) is 0 Å². The van der Waals surface area contributed by atoms with E-state index in [0.29, 0.717) is 11.1 Å². The van der Waals surface area contributed by atoms with Crippen LogP contribution in [0, 0.1) is 5.41 Å². The van der Waals surface area contributed by atoms with Gasteiger partial charge in [-0.2, -0.15) is 5.41 Å². The Morgan fingerprint density at radius 1 is 1.55 bits per heavy atom. The molecule has 11 heavy (non-hydrogen) atoms. The highest BCUT2D eigenvalue weighted by molar-refractivity contribution is 5.96. The van der Waals surface area contributed by atoms with Crippen molar-refractivity contribution in [1.29, 1.82) is 5.41 Å². The van der Waals surface area contributed by atoms with Gasteiger partial charge >= 0.3 is 0 Å². The molecule has 3 heteroatoms. The third-order valence-corrected chi connectivity index (χ3v) is 1.35. The monoisotopic (exact) mass is 146 g/mol. The van der Waals surface area contributed by atoms with Gasteiger partial charge in [-0.1, -0.05) is 18.2 Å². The largest absolute Gasteiger partial charge is 0.384 e. The highest BCUT2D eigenvalue weighted by Gasteiger charge is 1.94. The Morgan fingerprint density at radius 3 is 2.82 bits per heavy atom. The molecule has 0 spiro atoms. The molecular weight excluding hydrogens is 138 g/mol. The van der Waals surface area contributed by atoms with E-state index in [1.807, 2.05) is 0 Å². The SMILES string of the molecule is [N]=Cc1cccc(C(=N)N)c1. The van der Waals surface area contributed by atoms with Crippen LogP contribution in [0.3, 0.4) is 0 Å². The molecule has 0 heterocycles. The van der Waals surface area contributed by atoms with Crippen molar-refractivity contribution in [2.75, 3.05) is 0 Å². The number of nitrogens with one attached hydrogen (secondary N) is 1. The molecule has 0 atom stereocenters. The molecule has 1 aromatic rings. The van der Waals surface area contributed by atoms with E-state index in [-0.39, 0.29) is 5.84 Å². The summed E-state index contributed by atoms with van der Waals surface area (Å²) in [5, 5.41) is 15.7. The molecule has 1 aromatic carbocycles. The maximum atomic E-state index is 8.61. The summed E-state index contributed by atoms with van der Waals surface area (Å²) in [5.74, 6) is 0.00806. The van der Waals surface area contributed by atoms with E-state index < -0.39 is 0 Å². The lowest BCUT2D eigenvalue weighted by atomic mass is 10.1. The van der Waals surface area contributed by atoms with Crippen LogP contribution < -0.4 is 11.1 Å². The fourth-order valence-corrected chi connectivity index (χ4v) is 0.787. The molecule has 0 aliphatic heterocycles. The maximum absolute atomic E-state index is 8.61. The minimum atomic E-state index is 0.00806. The average molecular weight is 146 g/mol. The predicted molar refractivity (Wildman–Crippen MR) is 44.8 cm³/mol. The minimum absolute atomic E-state index is 0.00806. The summed E-state index contributed by atoms with van der Waals surface area (Å²) >= 11 is 0. The summed E-state index contributed by atoms with van der Waals surface area (Å²) < 4.78 is 0. The molecule has 0 unspecified atom stereocenters. The Kier molecular flexibility index (Phi) is 2.01. The number of amidine groups is 1. The number of rotatable bonds is 2. The van der Waals surface area contributed by atoms with E-state index in [1.54, 1.807) is 24.3 Å². The highest BCUT2D eigenvalue weighted by Crippen LogP contribution is 2.00. The highest BCUT2D eigenvalue weighted by atomic mass is 14.7. The second-order valence-corrected chi connectivity index (χ2v) is 2.17. The Bertz CT molecular complexity index is 291. The topological polar surface area (TPSA) is 72.2 Å². The fourth-order valence-electron chi connectivity index (χ4n) is 0.787. The van der Waals surface area contributed by atoms with Gasteiger partial charge < -0.3 is 5.73 Å². The number of nitrogens with two attached hydrogens (primary N) is 1. The van der Waals surface area contributed by atoms with Crippen LogP contribution in [0.1, 0.15) is 11.1 Å². The fraction of sp³-hybridized carbons (Fsp3) is 0. The van der Waals surface area contributed by atoms with Gasteiger partial charge in [-0.15, -0.1) is 0 Å². The van der Waals surface area contributed by atoms with Crippen molar-refractivity contribution in [3.05, 3.63) is 35.4 Å². The van der Waals surface area contributed by atoms with Crippen LogP contribution in [0.5, 0.6) is 0 Å². The molecule has 0 saturated carbocycles. The number of nitrogens with zero attached hydrogens (tertiary/aromatic N) is 1. The van der Waals surface area contributed by atoms with Gasteiger partial charge in [0.2, 0.25) is 0 Å². The molecular formula is C8H8N3. The third kappa shape index (κ3) is 1.64. The van der Waals surface area contributed by atoms with E-state index in [4.69, 9.17) is 16.6 Å². The maximum Gasteiger partial charge on any atom is 0.122 e. The molecule has 3 nitrogen and oxygen atoms in total. The van der Waals surface area contributed by atoms with Crippen molar-refractivity contribution in [1.82, 2.24) is 5.41 Å². The lowest BCUT2D eigenvalue weighted by Gasteiger charge is -1.97. The predicted octanol–water partition coefficient (Wildman–Crippen LogP) is 0.190.